The fourth-order valence-corrected chi connectivity index (χ4v) is 5.01. The molecule has 0 aromatic carbocycles. The zero-order valence-corrected chi connectivity index (χ0v) is 15.9. The van der Waals surface area contributed by atoms with E-state index in [1.807, 2.05) is 13.0 Å². The van der Waals surface area contributed by atoms with Crippen molar-refractivity contribution < 1.29 is 9.53 Å². The lowest BCUT2D eigenvalue weighted by Crippen LogP contribution is -2.36. The Morgan fingerprint density at radius 1 is 1.46 bits per heavy atom. The van der Waals surface area contributed by atoms with E-state index in [1.165, 1.54) is 28.0 Å². The van der Waals surface area contributed by atoms with Crippen molar-refractivity contribution in [2.75, 3.05) is 37.7 Å². The summed E-state index contributed by atoms with van der Waals surface area (Å²) in [5.74, 6) is 0.0414. The Kier molecular flexibility index (Phi) is 6.47. The van der Waals surface area contributed by atoms with Crippen LogP contribution in [0.1, 0.15) is 11.8 Å². The average molecular weight is 385 g/mol. The minimum absolute atomic E-state index is 0.0414. The molecule has 0 spiro atoms. The van der Waals surface area contributed by atoms with Crippen LogP contribution in [0.4, 0.5) is 5.13 Å². The van der Waals surface area contributed by atoms with Gasteiger partial charge in [0.15, 0.2) is 4.34 Å². The number of ether oxygens (including phenoxy) is 1. The van der Waals surface area contributed by atoms with Gasteiger partial charge in [-0.15, -0.1) is 21.5 Å². The summed E-state index contributed by atoms with van der Waals surface area (Å²) in [6.07, 6.45) is 0.876. The van der Waals surface area contributed by atoms with Gasteiger partial charge in [0.1, 0.15) is 0 Å². The summed E-state index contributed by atoms with van der Waals surface area (Å²) in [5, 5.41) is 14.2. The Hall–Kier alpha value is -1.16. The van der Waals surface area contributed by atoms with Crippen LogP contribution in [0.25, 0.3) is 0 Å². The molecule has 24 heavy (non-hydrogen) atoms. The highest BCUT2D eigenvalue weighted by molar-refractivity contribution is 8.02. The molecule has 3 heterocycles. The first-order valence-electron chi connectivity index (χ1n) is 7.85. The van der Waals surface area contributed by atoms with E-state index in [2.05, 4.69) is 31.9 Å². The molecule has 9 heteroatoms. The maximum Gasteiger partial charge on any atom is 0.233 e. The van der Waals surface area contributed by atoms with Gasteiger partial charge in [0, 0.05) is 24.5 Å². The summed E-state index contributed by atoms with van der Waals surface area (Å²) in [7, 11) is 0. The predicted octanol–water partition coefficient (Wildman–Crippen LogP) is 2.28. The summed E-state index contributed by atoms with van der Waals surface area (Å²) in [5.41, 5.74) is 0. The van der Waals surface area contributed by atoms with Crippen LogP contribution >= 0.6 is 34.4 Å². The summed E-state index contributed by atoms with van der Waals surface area (Å²) in [6.45, 7) is 5.71. The van der Waals surface area contributed by atoms with Gasteiger partial charge >= 0.3 is 0 Å². The Morgan fingerprint density at radius 2 is 2.29 bits per heavy atom. The van der Waals surface area contributed by atoms with Crippen LogP contribution in [-0.4, -0.2) is 54.2 Å². The van der Waals surface area contributed by atoms with Gasteiger partial charge in [-0.3, -0.25) is 4.79 Å². The average Bonchev–Trinajstić information content (AvgIpc) is 3.27. The highest BCUT2D eigenvalue weighted by atomic mass is 32.2. The minimum Gasteiger partial charge on any atom is -0.378 e. The molecule has 1 saturated heterocycles. The highest BCUT2D eigenvalue weighted by Crippen LogP contribution is 2.31. The lowest BCUT2D eigenvalue weighted by Gasteiger charge is -2.25. The molecule has 0 saturated carbocycles. The van der Waals surface area contributed by atoms with Crippen molar-refractivity contribution in [3.63, 3.8) is 0 Å². The third kappa shape index (κ3) is 4.92. The molecule has 0 bridgehead atoms. The van der Waals surface area contributed by atoms with Crippen molar-refractivity contribution in [1.82, 2.24) is 15.5 Å². The van der Waals surface area contributed by atoms with Crippen LogP contribution in [0.3, 0.4) is 0 Å². The van der Waals surface area contributed by atoms with Crippen LogP contribution in [0.15, 0.2) is 21.9 Å². The number of anilines is 1. The molecule has 3 rings (SSSR count). The summed E-state index contributed by atoms with van der Waals surface area (Å²) >= 11 is 4.72. The van der Waals surface area contributed by atoms with Crippen molar-refractivity contribution in [3.8, 4) is 0 Å². The maximum absolute atomic E-state index is 12.2. The lowest BCUT2D eigenvalue weighted by atomic mass is 10.3. The zero-order chi connectivity index (χ0) is 16.8. The number of hydrogen-bond donors (Lipinski definition) is 1. The first-order chi connectivity index (χ1) is 11.7. The highest BCUT2D eigenvalue weighted by Gasteiger charge is 2.19. The number of aromatic nitrogens is 2. The molecule has 0 aliphatic carbocycles. The Morgan fingerprint density at radius 3 is 3.04 bits per heavy atom. The second-order valence-corrected chi connectivity index (χ2v) is 8.91. The van der Waals surface area contributed by atoms with Crippen LogP contribution in [0.5, 0.6) is 0 Å². The number of carbonyl (C=O) groups excluding carboxylic acids is 1. The minimum atomic E-state index is -0.182. The normalized spacial score (nSPS) is 16.1. The summed E-state index contributed by atoms with van der Waals surface area (Å²) < 4.78 is 6.18. The summed E-state index contributed by atoms with van der Waals surface area (Å²) in [4.78, 5) is 15.6. The van der Waals surface area contributed by atoms with Crippen molar-refractivity contribution in [2.24, 2.45) is 0 Å². The number of amides is 1. The molecule has 0 radical (unpaired) electrons. The number of nitrogens with one attached hydrogen (secondary N) is 1. The molecular weight excluding hydrogens is 364 g/mol. The van der Waals surface area contributed by atoms with Gasteiger partial charge in [0.25, 0.3) is 0 Å². The Balaban J connectivity index is 1.44. The Bertz CT molecular complexity index is 641. The van der Waals surface area contributed by atoms with E-state index >= 15 is 0 Å². The van der Waals surface area contributed by atoms with Gasteiger partial charge in [-0.2, -0.15) is 0 Å². The van der Waals surface area contributed by atoms with Crippen LogP contribution in [0.2, 0.25) is 0 Å². The van der Waals surface area contributed by atoms with Crippen molar-refractivity contribution in [1.29, 1.82) is 0 Å². The second-order valence-electron chi connectivity index (χ2n) is 5.33. The van der Waals surface area contributed by atoms with E-state index < -0.39 is 0 Å². The number of morpholine rings is 1. The number of thiophene rings is 1. The third-order valence-corrected chi connectivity index (χ3v) is 6.68. The van der Waals surface area contributed by atoms with Crippen molar-refractivity contribution >= 4 is 45.5 Å². The van der Waals surface area contributed by atoms with Gasteiger partial charge < -0.3 is 15.0 Å². The van der Waals surface area contributed by atoms with E-state index in [4.69, 9.17) is 4.74 Å². The van der Waals surface area contributed by atoms with Crippen molar-refractivity contribution in [3.05, 3.63) is 22.4 Å². The van der Waals surface area contributed by atoms with Gasteiger partial charge in [0.05, 0.1) is 18.5 Å². The van der Waals surface area contributed by atoms with Crippen LogP contribution in [-0.2, 0) is 16.0 Å². The zero-order valence-electron chi connectivity index (χ0n) is 13.4. The SMILES string of the molecule is CC(Sc1nnc(N2CCOCC2)s1)C(=O)NCCc1cccs1. The molecule has 130 valence electrons. The van der Waals surface area contributed by atoms with Gasteiger partial charge in [-0.05, 0) is 24.8 Å². The molecule has 1 fully saturated rings. The number of nitrogens with zero attached hydrogens (tertiary/aromatic N) is 3. The lowest BCUT2D eigenvalue weighted by molar-refractivity contribution is -0.120. The van der Waals surface area contributed by atoms with Crippen molar-refractivity contribution in [2.45, 2.75) is 22.9 Å². The van der Waals surface area contributed by atoms with Crippen LogP contribution < -0.4 is 10.2 Å². The third-order valence-electron chi connectivity index (χ3n) is 3.57. The Labute approximate surface area is 153 Å². The summed E-state index contributed by atoms with van der Waals surface area (Å²) in [6, 6.07) is 4.12. The first kappa shape index (κ1) is 17.7. The van der Waals surface area contributed by atoms with E-state index in [1.54, 1.807) is 11.3 Å². The first-order valence-corrected chi connectivity index (χ1v) is 10.4. The number of carbonyl (C=O) groups is 1. The molecule has 2 aromatic heterocycles. The molecule has 1 aliphatic heterocycles. The smallest absolute Gasteiger partial charge is 0.233 e. The molecule has 6 nitrogen and oxygen atoms in total. The molecule has 1 amide bonds. The molecule has 2 aromatic rings. The van der Waals surface area contributed by atoms with E-state index in [0.29, 0.717) is 6.54 Å². The van der Waals surface area contributed by atoms with E-state index in [0.717, 1.165) is 42.2 Å². The fourth-order valence-electron chi connectivity index (χ4n) is 2.24. The molecule has 1 N–H and O–H groups in total. The predicted molar refractivity (Wildman–Crippen MR) is 99.3 cm³/mol. The molecule has 1 aliphatic rings. The molecule has 1 unspecified atom stereocenters. The monoisotopic (exact) mass is 384 g/mol. The van der Waals surface area contributed by atoms with Gasteiger partial charge in [-0.25, -0.2) is 0 Å². The fraction of sp³-hybridized carbons (Fsp3) is 0.533. The largest absolute Gasteiger partial charge is 0.378 e. The van der Waals surface area contributed by atoms with Gasteiger partial charge in [0.2, 0.25) is 11.0 Å². The van der Waals surface area contributed by atoms with Gasteiger partial charge in [-0.1, -0.05) is 29.2 Å². The molecule has 1 atom stereocenters. The maximum atomic E-state index is 12.2. The topological polar surface area (TPSA) is 67.3 Å². The number of thioether (sulfide) groups is 1. The standard InChI is InChI=1S/C15H20N4O2S3/c1-11(13(20)16-5-4-12-3-2-10-22-12)23-15-18-17-14(24-15)19-6-8-21-9-7-19/h2-3,10-11H,4-9H2,1H3,(H,16,20). The van der Waals surface area contributed by atoms with E-state index in [9.17, 15) is 4.79 Å². The van der Waals surface area contributed by atoms with E-state index in [-0.39, 0.29) is 11.2 Å². The van der Waals surface area contributed by atoms with Crippen LogP contribution in [0, 0.1) is 0 Å². The number of rotatable bonds is 7. The number of hydrogen-bond acceptors (Lipinski definition) is 8. The second kappa shape index (κ2) is 8.80. The molecular formula is C15H20N4O2S3. The quantitative estimate of drug-likeness (QED) is 0.739.